The van der Waals surface area contributed by atoms with E-state index in [-0.39, 0.29) is 6.54 Å². The molecule has 1 aliphatic rings. The second-order valence-electron chi connectivity index (χ2n) is 7.02. The van der Waals surface area contributed by atoms with Crippen molar-refractivity contribution in [3.63, 3.8) is 0 Å². The average Bonchev–Trinajstić information content (AvgIpc) is 2.74. The first-order valence-corrected chi connectivity index (χ1v) is 9.75. The van der Waals surface area contributed by atoms with Gasteiger partial charge in [-0.15, -0.1) is 0 Å². The van der Waals surface area contributed by atoms with Crippen molar-refractivity contribution in [2.75, 3.05) is 14.2 Å². The van der Waals surface area contributed by atoms with Crippen LogP contribution in [0.1, 0.15) is 29.7 Å². The van der Waals surface area contributed by atoms with E-state index in [0.717, 1.165) is 17.7 Å². The molecular weight excluding hydrogens is 431 g/mol. The van der Waals surface area contributed by atoms with E-state index in [1.807, 2.05) is 0 Å². The van der Waals surface area contributed by atoms with E-state index in [1.54, 1.807) is 49.2 Å². The second kappa shape index (κ2) is 9.01. The van der Waals surface area contributed by atoms with E-state index < -0.39 is 23.8 Å². The molecule has 0 amide bonds. The number of nitrogens with one attached hydrogen (secondary N) is 1. The summed E-state index contributed by atoms with van der Waals surface area (Å²) < 4.78 is 43.9. The summed E-state index contributed by atoms with van der Waals surface area (Å²) in [6.07, 6.45) is -4.42. The predicted molar refractivity (Wildman–Crippen MR) is 112 cm³/mol. The topological polar surface area (TPSA) is 53.9 Å². The van der Waals surface area contributed by atoms with Crippen LogP contribution in [0, 0.1) is 0 Å². The Morgan fingerprint density at radius 1 is 1.23 bits per heavy atom. The molecule has 0 aromatic heterocycles. The van der Waals surface area contributed by atoms with Crippen molar-refractivity contribution in [2.24, 2.45) is 4.99 Å². The number of carbonyl (C=O) groups is 1. The van der Waals surface area contributed by atoms with Crippen molar-refractivity contribution >= 4 is 23.5 Å². The van der Waals surface area contributed by atoms with E-state index in [9.17, 15) is 18.0 Å². The molecule has 1 atom stereocenters. The van der Waals surface area contributed by atoms with Gasteiger partial charge < -0.3 is 15.0 Å². The number of ether oxygens (including phenoxy) is 1. The number of carbonyl (C=O) groups excluding carboxylic acids is 1. The quantitative estimate of drug-likeness (QED) is 0.669. The number of hydrogen-bond donors (Lipinski definition) is 1. The Bertz CT molecular complexity index is 1030. The normalized spacial score (nSPS) is 18.2. The summed E-state index contributed by atoms with van der Waals surface area (Å²) in [4.78, 5) is 18.6. The fourth-order valence-electron chi connectivity index (χ4n) is 3.29. The van der Waals surface area contributed by atoms with Crippen LogP contribution in [-0.4, -0.2) is 31.0 Å². The summed E-state index contributed by atoms with van der Waals surface area (Å²) in [6.45, 7) is 1.79. The van der Waals surface area contributed by atoms with Crippen LogP contribution in [0.15, 0.2) is 64.8 Å². The molecule has 0 aliphatic carbocycles. The number of allylic oxidation sites excluding steroid dienone is 1. The molecule has 0 fully saturated rings. The van der Waals surface area contributed by atoms with Crippen molar-refractivity contribution in [3.8, 4) is 0 Å². The molecule has 0 bridgehead atoms. The zero-order valence-corrected chi connectivity index (χ0v) is 17.9. The number of aliphatic imine (C=N–C) groups is 1. The molecule has 2 aromatic rings. The van der Waals surface area contributed by atoms with Crippen LogP contribution in [0.2, 0.25) is 5.02 Å². The lowest BCUT2D eigenvalue weighted by Crippen LogP contribution is -2.47. The van der Waals surface area contributed by atoms with Crippen LogP contribution in [0.4, 0.5) is 13.2 Å². The Labute approximate surface area is 183 Å². The molecule has 0 radical (unpaired) electrons. The number of methoxy groups -OCH3 is 1. The van der Waals surface area contributed by atoms with Gasteiger partial charge in [-0.25, -0.2) is 9.79 Å². The van der Waals surface area contributed by atoms with Crippen molar-refractivity contribution in [1.29, 1.82) is 0 Å². The van der Waals surface area contributed by atoms with Crippen molar-refractivity contribution in [3.05, 3.63) is 81.5 Å². The third kappa shape index (κ3) is 5.02. The SMILES string of the molecule is COC(=O)C1=C(C)N(C)C(=NCc2cccc(C(F)(F)F)c2)NC1c1ccc(Cl)cc1. The number of alkyl halides is 3. The monoisotopic (exact) mass is 451 g/mol. The molecular formula is C22H21ClF3N3O2. The van der Waals surface area contributed by atoms with E-state index in [2.05, 4.69) is 10.3 Å². The number of halogens is 4. The smallest absolute Gasteiger partial charge is 0.416 e. The number of rotatable bonds is 4. The van der Waals surface area contributed by atoms with Crippen molar-refractivity contribution < 1.29 is 22.7 Å². The van der Waals surface area contributed by atoms with Crippen LogP contribution in [0.3, 0.4) is 0 Å². The molecule has 1 heterocycles. The summed E-state index contributed by atoms with van der Waals surface area (Å²) >= 11 is 5.98. The van der Waals surface area contributed by atoms with E-state index in [0.29, 0.717) is 27.8 Å². The summed E-state index contributed by atoms with van der Waals surface area (Å²) in [7, 11) is 3.02. The number of benzene rings is 2. The highest BCUT2D eigenvalue weighted by Crippen LogP contribution is 2.32. The molecule has 1 unspecified atom stereocenters. The molecule has 3 rings (SSSR count). The molecule has 31 heavy (non-hydrogen) atoms. The largest absolute Gasteiger partial charge is 0.466 e. The minimum absolute atomic E-state index is 0.0325. The van der Waals surface area contributed by atoms with E-state index >= 15 is 0 Å². The Morgan fingerprint density at radius 3 is 2.52 bits per heavy atom. The Morgan fingerprint density at radius 2 is 1.90 bits per heavy atom. The molecule has 0 saturated carbocycles. The van der Waals surface area contributed by atoms with Crippen LogP contribution in [0.5, 0.6) is 0 Å². The third-order valence-corrected chi connectivity index (χ3v) is 5.30. The first kappa shape index (κ1) is 22.7. The lowest BCUT2D eigenvalue weighted by Gasteiger charge is -2.36. The van der Waals surface area contributed by atoms with E-state index in [4.69, 9.17) is 16.3 Å². The number of guanidine groups is 1. The van der Waals surface area contributed by atoms with E-state index in [1.165, 1.54) is 13.2 Å². The highest BCUT2D eigenvalue weighted by Gasteiger charge is 2.34. The number of nitrogens with zero attached hydrogens (tertiary/aromatic N) is 2. The maximum Gasteiger partial charge on any atom is 0.416 e. The van der Waals surface area contributed by atoms with Crippen LogP contribution in [0.25, 0.3) is 0 Å². The lowest BCUT2D eigenvalue weighted by atomic mass is 9.95. The van der Waals surface area contributed by atoms with Crippen molar-refractivity contribution in [2.45, 2.75) is 25.7 Å². The molecule has 1 aliphatic heterocycles. The fourth-order valence-corrected chi connectivity index (χ4v) is 3.42. The van der Waals surface area contributed by atoms with Gasteiger partial charge in [0, 0.05) is 17.8 Å². The maximum atomic E-state index is 13.0. The summed E-state index contributed by atoms with van der Waals surface area (Å²) in [5.41, 5.74) is 1.49. The van der Waals surface area contributed by atoms with Gasteiger partial charge in [0.2, 0.25) is 0 Å². The van der Waals surface area contributed by atoms with Gasteiger partial charge in [-0.2, -0.15) is 13.2 Å². The van der Waals surface area contributed by atoms with Gasteiger partial charge in [0.15, 0.2) is 5.96 Å². The standard InChI is InChI=1S/C22H21ClF3N3O2/c1-13-18(20(30)31-3)19(15-7-9-17(23)10-8-15)28-21(29(13)2)27-12-14-5-4-6-16(11-14)22(24,25)26/h4-11,19H,12H2,1-3H3,(H,27,28). The highest BCUT2D eigenvalue weighted by atomic mass is 35.5. The molecule has 9 heteroatoms. The van der Waals surface area contributed by atoms with Gasteiger partial charge in [-0.1, -0.05) is 35.9 Å². The zero-order valence-electron chi connectivity index (χ0n) is 17.1. The minimum Gasteiger partial charge on any atom is -0.466 e. The molecule has 1 N–H and O–H groups in total. The fraction of sp³-hybridized carbons (Fsp3) is 0.273. The van der Waals surface area contributed by atoms with Gasteiger partial charge in [0.25, 0.3) is 0 Å². The maximum absolute atomic E-state index is 13.0. The summed E-state index contributed by atoms with van der Waals surface area (Å²) in [5, 5.41) is 3.75. The first-order valence-electron chi connectivity index (χ1n) is 9.37. The molecule has 0 saturated heterocycles. The summed E-state index contributed by atoms with van der Waals surface area (Å²) in [5.74, 6) is -0.0729. The molecule has 2 aromatic carbocycles. The minimum atomic E-state index is -4.42. The Kier molecular flexibility index (Phi) is 6.59. The second-order valence-corrected chi connectivity index (χ2v) is 7.45. The summed E-state index contributed by atoms with van der Waals surface area (Å²) in [6, 6.07) is 11.5. The lowest BCUT2D eigenvalue weighted by molar-refractivity contribution is -0.138. The molecule has 0 spiro atoms. The van der Waals surface area contributed by atoms with Gasteiger partial charge >= 0.3 is 12.1 Å². The first-order chi connectivity index (χ1) is 14.6. The average molecular weight is 452 g/mol. The van der Waals surface area contributed by atoms with Crippen molar-refractivity contribution in [1.82, 2.24) is 10.2 Å². The number of esters is 1. The molecule has 5 nitrogen and oxygen atoms in total. The number of hydrogen-bond acceptors (Lipinski definition) is 3. The third-order valence-electron chi connectivity index (χ3n) is 5.05. The van der Waals surface area contributed by atoms with Gasteiger partial charge in [-0.05, 0) is 42.3 Å². The Balaban J connectivity index is 1.96. The van der Waals surface area contributed by atoms with Gasteiger partial charge in [0.05, 0.1) is 30.8 Å². The van der Waals surface area contributed by atoms with Crippen LogP contribution >= 0.6 is 11.6 Å². The van der Waals surface area contributed by atoms with Gasteiger partial charge in [0.1, 0.15) is 0 Å². The molecule has 164 valence electrons. The Hall–Kier alpha value is -3.00. The van der Waals surface area contributed by atoms with Crippen LogP contribution in [-0.2, 0) is 22.3 Å². The predicted octanol–water partition coefficient (Wildman–Crippen LogP) is 4.94. The van der Waals surface area contributed by atoms with Crippen LogP contribution < -0.4 is 5.32 Å². The highest BCUT2D eigenvalue weighted by molar-refractivity contribution is 6.30. The van der Waals surface area contributed by atoms with Gasteiger partial charge in [-0.3, -0.25) is 0 Å². The zero-order chi connectivity index (χ0) is 22.8.